The van der Waals surface area contributed by atoms with Gasteiger partial charge in [-0.15, -0.1) is 0 Å². The van der Waals surface area contributed by atoms with Crippen LogP contribution in [0.5, 0.6) is 0 Å². The van der Waals surface area contributed by atoms with Gasteiger partial charge in [0.1, 0.15) is 11.6 Å². The molecule has 0 atom stereocenters. The highest BCUT2D eigenvalue weighted by atomic mass is 16.6. The lowest BCUT2D eigenvalue weighted by Gasteiger charge is -2.36. The summed E-state index contributed by atoms with van der Waals surface area (Å²) in [6, 6.07) is 15.1. The van der Waals surface area contributed by atoms with Gasteiger partial charge < -0.3 is 10.6 Å². The molecular formula is C20H18N4O3. The first-order chi connectivity index (χ1) is 12.8. The van der Waals surface area contributed by atoms with Crippen LogP contribution in [0.4, 0.5) is 11.4 Å². The van der Waals surface area contributed by atoms with Crippen molar-refractivity contribution in [3.05, 3.63) is 75.3 Å². The number of carbonyl (C=O) groups is 1. The summed E-state index contributed by atoms with van der Waals surface area (Å²) in [6.45, 7) is 4.01. The van der Waals surface area contributed by atoms with Gasteiger partial charge in [-0.25, -0.2) is 0 Å². The van der Waals surface area contributed by atoms with Crippen molar-refractivity contribution >= 4 is 23.0 Å². The molecule has 0 bridgehead atoms. The minimum atomic E-state index is -0.568. The molecule has 136 valence electrons. The van der Waals surface area contributed by atoms with Crippen LogP contribution < -0.4 is 10.6 Å². The Morgan fingerprint density at radius 3 is 2.52 bits per heavy atom. The van der Waals surface area contributed by atoms with Crippen LogP contribution in [0.3, 0.4) is 0 Å². The molecule has 3 rings (SSSR count). The lowest BCUT2D eigenvalue weighted by atomic mass is 9.84. The third-order valence-corrected chi connectivity index (χ3v) is 4.31. The number of non-ortho nitro benzene ring substituents is 1. The van der Waals surface area contributed by atoms with E-state index in [1.165, 1.54) is 24.3 Å². The molecule has 7 nitrogen and oxygen atoms in total. The maximum atomic E-state index is 12.7. The Labute approximate surface area is 156 Å². The number of amides is 1. The maximum absolute atomic E-state index is 12.7. The highest BCUT2D eigenvalue weighted by molar-refractivity contribution is 6.12. The zero-order valence-electron chi connectivity index (χ0n) is 14.9. The van der Waals surface area contributed by atoms with Gasteiger partial charge in [0.15, 0.2) is 0 Å². The third-order valence-electron chi connectivity index (χ3n) is 4.31. The van der Waals surface area contributed by atoms with Crippen molar-refractivity contribution in [1.82, 2.24) is 5.32 Å². The number of nitrogens with one attached hydrogen (secondary N) is 2. The molecule has 2 N–H and O–H groups in total. The summed E-state index contributed by atoms with van der Waals surface area (Å²) in [5.41, 5.74) is 2.34. The summed E-state index contributed by atoms with van der Waals surface area (Å²) in [4.78, 5) is 22.9. The van der Waals surface area contributed by atoms with E-state index in [1.807, 2.05) is 44.2 Å². The molecular weight excluding hydrogens is 344 g/mol. The Kier molecular flexibility index (Phi) is 4.65. The number of carbonyl (C=O) groups excluding carboxylic acids is 1. The molecule has 1 amide bonds. The number of nitro benzene ring substituents is 1. The normalized spacial score (nSPS) is 16.3. The van der Waals surface area contributed by atoms with Gasteiger partial charge in [0, 0.05) is 28.9 Å². The monoisotopic (exact) mass is 362 g/mol. The second kappa shape index (κ2) is 6.92. The van der Waals surface area contributed by atoms with Crippen molar-refractivity contribution in [2.45, 2.75) is 25.8 Å². The van der Waals surface area contributed by atoms with Crippen molar-refractivity contribution in [2.24, 2.45) is 0 Å². The largest absolute Gasteiger partial charge is 0.378 e. The Bertz CT molecular complexity index is 985. The fourth-order valence-electron chi connectivity index (χ4n) is 3.12. The summed E-state index contributed by atoms with van der Waals surface area (Å²) >= 11 is 0. The quantitative estimate of drug-likeness (QED) is 0.376. The molecule has 0 spiro atoms. The summed E-state index contributed by atoms with van der Waals surface area (Å²) in [7, 11) is 0. The van der Waals surface area contributed by atoms with Crippen molar-refractivity contribution in [1.29, 1.82) is 5.26 Å². The Morgan fingerprint density at radius 1 is 1.22 bits per heavy atom. The first kappa shape index (κ1) is 18.1. The lowest BCUT2D eigenvalue weighted by molar-refractivity contribution is -0.384. The van der Waals surface area contributed by atoms with E-state index in [2.05, 4.69) is 10.6 Å². The molecule has 2 aromatic rings. The second-order valence-electron chi connectivity index (χ2n) is 6.96. The van der Waals surface area contributed by atoms with Crippen molar-refractivity contribution < 1.29 is 9.72 Å². The topological polar surface area (TPSA) is 108 Å². The summed E-state index contributed by atoms with van der Waals surface area (Å²) in [5, 5.41) is 26.3. The lowest BCUT2D eigenvalue weighted by Crippen LogP contribution is -2.44. The molecule has 7 heteroatoms. The van der Waals surface area contributed by atoms with Crippen LogP contribution in [0.1, 0.15) is 25.0 Å². The maximum Gasteiger partial charge on any atom is 0.269 e. The van der Waals surface area contributed by atoms with Crippen molar-refractivity contribution in [3.63, 3.8) is 0 Å². The second-order valence-corrected chi connectivity index (χ2v) is 6.96. The van der Waals surface area contributed by atoms with E-state index in [1.54, 1.807) is 0 Å². The van der Waals surface area contributed by atoms with Crippen LogP contribution >= 0.6 is 0 Å². The van der Waals surface area contributed by atoms with Gasteiger partial charge in [-0.3, -0.25) is 14.9 Å². The fourth-order valence-corrected chi connectivity index (χ4v) is 3.12. The Balaban J connectivity index is 1.97. The van der Waals surface area contributed by atoms with Gasteiger partial charge in [0.2, 0.25) is 0 Å². The molecule has 0 saturated heterocycles. The van der Waals surface area contributed by atoms with E-state index < -0.39 is 10.8 Å². The summed E-state index contributed by atoms with van der Waals surface area (Å²) in [6.07, 6.45) is 0.773. The predicted molar refractivity (Wildman–Crippen MR) is 102 cm³/mol. The van der Waals surface area contributed by atoms with Gasteiger partial charge in [-0.1, -0.05) is 24.3 Å². The third kappa shape index (κ3) is 3.80. The first-order valence-electron chi connectivity index (χ1n) is 8.37. The molecule has 0 aliphatic carbocycles. The average Bonchev–Trinajstić information content (AvgIpc) is 2.61. The zero-order chi connectivity index (χ0) is 19.6. The van der Waals surface area contributed by atoms with E-state index in [9.17, 15) is 20.2 Å². The van der Waals surface area contributed by atoms with Gasteiger partial charge in [0.25, 0.3) is 11.6 Å². The number of nitriles is 1. The van der Waals surface area contributed by atoms with Gasteiger partial charge >= 0.3 is 0 Å². The van der Waals surface area contributed by atoms with Crippen LogP contribution in [0.25, 0.3) is 5.70 Å². The van der Waals surface area contributed by atoms with E-state index in [-0.39, 0.29) is 16.8 Å². The van der Waals surface area contributed by atoms with Crippen LogP contribution in [-0.2, 0) is 11.2 Å². The Hall–Kier alpha value is -3.66. The number of benzene rings is 2. The number of rotatable bonds is 3. The van der Waals surface area contributed by atoms with Crippen molar-refractivity contribution in [2.75, 3.05) is 5.32 Å². The molecule has 0 aromatic heterocycles. The zero-order valence-corrected chi connectivity index (χ0v) is 14.9. The Morgan fingerprint density at radius 2 is 1.89 bits per heavy atom. The fraction of sp³-hybridized carbons (Fsp3) is 0.200. The molecule has 27 heavy (non-hydrogen) atoms. The minimum absolute atomic E-state index is 0.0337. The highest BCUT2D eigenvalue weighted by Gasteiger charge is 2.31. The predicted octanol–water partition coefficient (Wildman–Crippen LogP) is 3.39. The molecule has 0 unspecified atom stereocenters. The van der Waals surface area contributed by atoms with Gasteiger partial charge in [0.05, 0.1) is 10.6 Å². The number of nitrogens with zero attached hydrogens (tertiary/aromatic N) is 2. The number of hydrogen-bond acceptors (Lipinski definition) is 5. The molecule has 0 saturated carbocycles. The molecule has 1 aliphatic heterocycles. The number of nitro groups is 1. The molecule has 1 aliphatic rings. The standard InChI is InChI=1S/C20H18N4O3/c1-20(2)11-13-5-3-4-6-16(13)18(23-20)17(12-21)19(25)22-14-7-9-15(10-8-14)24(26)27/h3-10,23H,11H2,1-2H3,(H,22,25). The number of hydrogen-bond donors (Lipinski definition) is 2. The molecule has 0 radical (unpaired) electrons. The van der Waals surface area contributed by atoms with E-state index in [4.69, 9.17) is 0 Å². The molecule has 1 heterocycles. The van der Waals surface area contributed by atoms with Crippen LogP contribution in [0.2, 0.25) is 0 Å². The summed E-state index contributed by atoms with van der Waals surface area (Å²) < 4.78 is 0. The highest BCUT2D eigenvalue weighted by Crippen LogP contribution is 2.31. The van der Waals surface area contributed by atoms with E-state index in [0.717, 1.165) is 17.5 Å². The van der Waals surface area contributed by atoms with Gasteiger partial charge in [-0.2, -0.15) is 5.26 Å². The molecule has 0 fully saturated rings. The number of fused-ring (bicyclic) bond motifs is 1. The summed E-state index contributed by atoms with van der Waals surface area (Å²) in [5.74, 6) is -0.568. The first-order valence-corrected chi connectivity index (χ1v) is 8.37. The smallest absolute Gasteiger partial charge is 0.269 e. The average molecular weight is 362 g/mol. The minimum Gasteiger partial charge on any atom is -0.378 e. The van der Waals surface area contributed by atoms with Crippen LogP contribution in [-0.4, -0.2) is 16.4 Å². The van der Waals surface area contributed by atoms with Crippen LogP contribution in [0.15, 0.2) is 54.1 Å². The SMILES string of the molecule is CC1(C)Cc2ccccc2C(=C(C#N)C(=O)Nc2ccc([N+](=O)[O-])cc2)N1. The van der Waals surface area contributed by atoms with Crippen molar-refractivity contribution in [3.8, 4) is 6.07 Å². The van der Waals surface area contributed by atoms with Gasteiger partial charge in [-0.05, 0) is 38.0 Å². The number of anilines is 1. The van der Waals surface area contributed by atoms with E-state index >= 15 is 0 Å². The molecule has 2 aromatic carbocycles. The van der Waals surface area contributed by atoms with E-state index in [0.29, 0.717) is 11.4 Å². The van der Waals surface area contributed by atoms with Crippen LogP contribution in [0, 0.1) is 21.4 Å².